The van der Waals surface area contributed by atoms with Crippen molar-refractivity contribution in [3.8, 4) is 16.9 Å². The summed E-state index contributed by atoms with van der Waals surface area (Å²) in [4.78, 5) is 18.8. The Morgan fingerprint density at radius 1 is 0.812 bits per heavy atom. The molecule has 1 saturated carbocycles. The zero-order valence-electron chi connectivity index (χ0n) is 27.6. The van der Waals surface area contributed by atoms with E-state index < -0.39 is 16.1 Å². The van der Waals surface area contributed by atoms with Crippen LogP contribution >= 0.6 is 11.6 Å². The predicted molar refractivity (Wildman–Crippen MR) is 189 cm³/mol. The molecule has 2 bridgehead atoms. The van der Waals surface area contributed by atoms with E-state index in [9.17, 15) is 13.2 Å². The van der Waals surface area contributed by atoms with Crippen molar-refractivity contribution >= 4 is 27.5 Å². The first kappa shape index (κ1) is 33.5. The fraction of sp³-hybridized carbons (Fsp3) is 0.500. The van der Waals surface area contributed by atoms with Gasteiger partial charge in [0.25, 0.3) is 0 Å². The number of rotatable bonds is 9. The van der Waals surface area contributed by atoms with Crippen LogP contribution in [0.3, 0.4) is 0 Å². The molecule has 10 heteroatoms. The summed E-state index contributed by atoms with van der Waals surface area (Å²) in [5.74, 6) is 1.15. The summed E-state index contributed by atoms with van der Waals surface area (Å²) < 4.78 is 36.0. The summed E-state index contributed by atoms with van der Waals surface area (Å²) in [5.41, 5.74) is 9.65. The van der Waals surface area contributed by atoms with Crippen molar-refractivity contribution in [2.24, 2.45) is 11.7 Å². The van der Waals surface area contributed by atoms with Crippen molar-refractivity contribution in [2.75, 3.05) is 26.2 Å². The van der Waals surface area contributed by atoms with Crippen LogP contribution in [-0.2, 0) is 21.4 Å². The highest BCUT2D eigenvalue weighted by atomic mass is 35.5. The van der Waals surface area contributed by atoms with Gasteiger partial charge in [-0.15, -0.1) is 0 Å². The molecule has 3 saturated heterocycles. The molecule has 3 aromatic rings. The predicted octanol–water partition coefficient (Wildman–Crippen LogP) is 6.32. The number of benzene rings is 3. The van der Waals surface area contributed by atoms with E-state index in [2.05, 4.69) is 29.2 Å². The number of nitrogens with two attached hydrogens (primary N) is 1. The molecule has 4 aliphatic rings. The topological polar surface area (TPSA) is 96.2 Å². The Bertz CT molecular complexity index is 1650. The Morgan fingerprint density at radius 2 is 1.44 bits per heavy atom. The highest BCUT2D eigenvalue weighted by Crippen LogP contribution is 2.37. The van der Waals surface area contributed by atoms with E-state index >= 15 is 0 Å². The van der Waals surface area contributed by atoms with Crippen molar-refractivity contribution in [1.29, 1.82) is 0 Å². The number of fused-ring (bicyclic) bond motifs is 2. The molecule has 3 heterocycles. The molecule has 2 unspecified atom stereocenters. The minimum Gasteiger partial charge on any atom is -0.493 e. The van der Waals surface area contributed by atoms with Crippen LogP contribution in [0.15, 0.2) is 77.7 Å². The van der Waals surface area contributed by atoms with Gasteiger partial charge in [0.2, 0.25) is 15.9 Å². The van der Waals surface area contributed by atoms with E-state index in [-0.39, 0.29) is 35.5 Å². The second kappa shape index (κ2) is 14.5. The van der Waals surface area contributed by atoms with Crippen LogP contribution < -0.4 is 10.5 Å². The molecule has 0 spiro atoms. The number of piperazine rings is 1. The van der Waals surface area contributed by atoms with Gasteiger partial charge in [0.05, 0.1) is 11.5 Å². The number of halogens is 1. The highest BCUT2D eigenvalue weighted by Gasteiger charge is 2.48. The first-order valence-corrected chi connectivity index (χ1v) is 19.5. The van der Waals surface area contributed by atoms with Gasteiger partial charge < -0.3 is 15.4 Å². The third kappa shape index (κ3) is 7.31. The highest BCUT2D eigenvalue weighted by molar-refractivity contribution is 7.89. The van der Waals surface area contributed by atoms with Crippen LogP contribution in [0.4, 0.5) is 0 Å². The number of amides is 1. The molecule has 8 nitrogen and oxygen atoms in total. The molecule has 256 valence electrons. The molecule has 3 aliphatic heterocycles. The number of nitrogens with zero attached hydrogens (tertiary/aromatic N) is 3. The average molecular weight is 691 g/mol. The summed E-state index contributed by atoms with van der Waals surface area (Å²) in [6.07, 6.45) is 9.57. The van der Waals surface area contributed by atoms with Crippen LogP contribution in [-0.4, -0.2) is 78.8 Å². The number of hydrogen-bond donors (Lipinski definition) is 1. The van der Waals surface area contributed by atoms with Crippen LogP contribution in [0, 0.1) is 5.92 Å². The Balaban J connectivity index is 1.08. The fourth-order valence-corrected chi connectivity index (χ4v) is 10.0. The molecule has 1 amide bonds. The third-order valence-electron chi connectivity index (χ3n) is 10.9. The molecule has 4 fully saturated rings. The molecule has 3 atom stereocenters. The van der Waals surface area contributed by atoms with E-state index in [1.165, 1.54) is 36.4 Å². The zero-order chi connectivity index (χ0) is 33.3. The lowest BCUT2D eigenvalue weighted by Gasteiger charge is -2.45. The first-order chi connectivity index (χ1) is 23.2. The second-order valence-electron chi connectivity index (χ2n) is 14.2. The van der Waals surface area contributed by atoms with E-state index in [1.807, 2.05) is 29.2 Å². The number of carbonyl (C=O) groups is 1. The second-order valence-corrected chi connectivity index (χ2v) is 16.5. The van der Waals surface area contributed by atoms with Crippen molar-refractivity contribution in [3.05, 3.63) is 83.4 Å². The standard InChI is InChI=1S/C38H47ClN4O4S/c39-31-12-10-30(11-13-31)29-8-6-27(7-9-29)24-41-20-21-42(37(25-41)38(44)43-33-14-15-34(43)23-32(40)22-33)48(45,46)36-18-16-35(17-19-36)47-26-28-4-2-1-3-5-28/h6-13,16-19,28,32-34,37H,1-5,14-15,20-26,40H2/t32?,33?,34?,37-/m1/s1. The molecule has 7 rings (SSSR count). The summed E-state index contributed by atoms with van der Waals surface area (Å²) in [7, 11) is -3.94. The molecular weight excluding hydrogens is 644 g/mol. The summed E-state index contributed by atoms with van der Waals surface area (Å²) in [6, 6.07) is 22.4. The monoisotopic (exact) mass is 690 g/mol. The lowest BCUT2D eigenvalue weighted by atomic mass is 9.90. The van der Waals surface area contributed by atoms with Gasteiger partial charge in [0.1, 0.15) is 11.8 Å². The quantitative estimate of drug-likeness (QED) is 0.282. The minimum atomic E-state index is -3.94. The van der Waals surface area contributed by atoms with Gasteiger partial charge in [-0.2, -0.15) is 4.31 Å². The third-order valence-corrected chi connectivity index (χ3v) is 13.1. The number of sulfonamides is 1. The fourth-order valence-electron chi connectivity index (χ4n) is 8.32. The Morgan fingerprint density at radius 3 is 2.08 bits per heavy atom. The van der Waals surface area contributed by atoms with Gasteiger partial charge in [0.15, 0.2) is 0 Å². The summed E-state index contributed by atoms with van der Waals surface area (Å²) >= 11 is 6.07. The van der Waals surface area contributed by atoms with E-state index in [1.54, 1.807) is 24.3 Å². The summed E-state index contributed by atoms with van der Waals surface area (Å²) in [5, 5.41) is 0.705. The van der Waals surface area contributed by atoms with Crippen molar-refractivity contribution in [1.82, 2.24) is 14.1 Å². The van der Waals surface area contributed by atoms with Gasteiger partial charge in [-0.1, -0.05) is 67.3 Å². The van der Waals surface area contributed by atoms with Crippen molar-refractivity contribution in [3.63, 3.8) is 0 Å². The van der Waals surface area contributed by atoms with Gasteiger partial charge in [-0.05, 0) is 97.5 Å². The summed E-state index contributed by atoms with van der Waals surface area (Å²) in [6.45, 7) is 2.40. The van der Waals surface area contributed by atoms with Gasteiger partial charge >= 0.3 is 0 Å². The maximum Gasteiger partial charge on any atom is 0.243 e. The number of carbonyl (C=O) groups excluding carboxylic acids is 1. The lowest BCUT2D eigenvalue weighted by molar-refractivity contribution is -0.142. The minimum absolute atomic E-state index is 0.0761. The van der Waals surface area contributed by atoms with Gasteiger partial charge in [-0.25, -0.2) is 8.42 Å². The van der Waals surface area contributed by atoms with Crippen molar-refractivity contribution < 1.29 is 17.9 Å². The van der Waals surface area contributed by atoms with Crippen molar-refractivity contribution in [2.45, 2.75) is 93.4 Å². The Hall–Kier alpha value is -2.95. The number of hydrogen-bond acceptors (Lipinski definition) is 6. The first-order valence-electron chi connectivity index (χ1n) is 17.6. The molecule has 2 N–H and O–H groups in total. The average Bonchev–Trinajstić information content (AvgIpc) is 3.38. The number of ether oxygens (including phenoxy) is 1. The molecule has 3 aromatic carbocycles. The largest absolute Gasteiger partial charge is 0.493 e. The zero-order valence-corrected chi connectivity index (χ0v) is 29.1. The van der Waals surface area contributed by atoms with E-state index in [0.29, 0.717) is 42.9 Å². The normalized spacial score (nSPS) is 25.7. The molecule has 0 radical (unpaired) electrons. The Kier molecular flexibility index (Phi) is 10.1. The maximum atomic E-state index is 14.4. The SMILES string of the molecule is NC1CC2CCC(C1)N2C(=O)[C@H]1CN(Cc2ccc(-c3ccc(Cl)cc3)cc2)CCN1S(=O)(=O)c1ccc(OCC2CCCCC2)cc1. The molecule has 48 heavy (non-hydrogen) atoms. The van der Waals surface area contributed by atoms with E-state index in [4.69, 9.17) is 22.1 Å². The van der Waals surface area contributed by atoms with Gasteiger partial charge in [-0.3, -0.25) is 9.69 Å². The van der Waals surface area contributed by atoms with Crippen LogP contribution in [0.2, 0.25) is 5.02 Å². The van der Waals surface area contributed by atoms with Crippen LogP contribution in [0.25, 0.3) is 11.1 Å². The number of piperidine rings is 1. The lowest BCUT2D eigenvalue weighted by Crippen LogP contribution is -2.63. The Labute approximate surface area is 290 Å². The molecule has 1 aliphatic carbocycles. The smallest absolute Gasteiger partial charge is 0.243 e. The maximum absolute atomic E-state index is 14.4. The van der Waals surface area contributed by atoms with Crippen LogP contribution in [0.1, 0.15) is 63.4 Å². The molecule has 0 aromatic heterocycles. The van der Waals surface area contributed by atoms with Gasteiger partial charge in [0, 0.05) is 49.3 Å². The molecular formula is C38H47ClN4O4S. The van der Waals surface area contributed by atoms with E-state index in [0.717, 1.165) is 42.4 Å². The van der Waals surface area contributed by atoms with Crippen LogP contribution in [0.5, 0.6) is 5.75 Å².